The van der Waals surface area contributed by atoms with Gasteiger partial charge in [0.2, 0.25) is 0 Å². The predicted molar refractivity (Wildman–Crippen MR) is 75.3 cm³/mol. The Bertz CT molecular complexity index is 719. The highest BCUT2D eigenvalue weighted by Gasteiger charge is 2.19. The van der Waals surface area contributed by atoms with Crippen LogP contribution in [0, 0.1) is 5.41 Å². The van der Waals surface area contributed by atoms with Crippen LogP contribution in [0.5, 0.6) is 0 Å². The minimum atomic E-state index is -3.92. The fraction of sp³-hybridized carbons (Fsp3) is 0.200. The van der Waals surface area contributed by atoms with Gasteiger partial charge < -0.3 is 16.6 Å². The van der Waals surface area contributed by atoms with Crippen LogP contribution in [-0.2, 0) is 24.5 Å². The molecule has 0 saturated heterocycles. The zero-order chi connectivity index (χ0) is 16.8. The van der Waals surface area contributed by atoms with Gasteiger partial charge in [-0.05, 0) is 24.3 Å². The zero-order valence-corrected chi connectivity index (χ0v) is 12.6. The van der Waals surface area contributed by atoms with Crippen LogP contribution in [0.25, 0.3) is 0 Å². The molecular weight excluding hydrogens is 322 g/mol. The molecule has 0 heterocycles. The number of carboxylic acids is 1. The first-order chi connectivity index (χ1) is 9.36. The Labute approximate surface area is 121 Å². The van der Waals surface area contributed by atoms with Crippen LogP contribution in [0.15, 0.2) is 34.1 Å². The summed E-state index contributed by atoms with van der Waals surface area (Å²) in [5, 5.41) is 14.5. The first-order valence-electron chi connectivity index (χ1n) is 5.20. The Morgan fingerprint density at radius 3 is 1.71 bits per heavy atom. The standard InChI is InChI=1S/C9H10O6S2.CH5N3/c1-16(12,13)7-2-4-8(5-3-7)17(14,15)6-9(10)11;2-1(3)4/h2-5H,6H2,1H3,(H,10,11);(H5,2,3,4). The number of benzene rings is 1. The topological polar surface area (TPSA) is 181 Å². The van der Waals surface area contributed by atoms with E-state index in [2.05, 4.69) is 11.5 Å². The number of guanidine groups is 1. The molecule has 6 N–H and O–H groups in total. The molecule has 0 radical (unpaired) electrons. The van der Waals surface area contributed by atoms with Crippen molar-refractivity contribution in [2.24, 2.45) is 11.5 Å². The van der Waals surface area contributed by atoms with E-state index in [9.17, 15) is 21.6 Å². The summed E-state index contributed by atoms with van der Waals surface area (Å²) < 4.78 is 45.2. The van der Waals surface area contributed by atoms with Crippen LogP contribution >= 0.6 is 0 Å². The van der Waals surface area contributed by atoms with Gasteiger partial charge in [-0.3, -0.25) is 10.2 Å². The summed E-state index contributed by atoms with van der Waals surface area (Å²) in [6, 6.07) is 4.41. The Balaban J connectivity index is 0.000000885. The molecule has 0 aliphatic carbocycles. The van der Waals surface area contributed by atoms with Gasteiger partial charge in [-0.15, -0.1) is 0 Å². The summed E-state index contributed by atoms with van der Waals surface area (Å²) in [4.78, 5) is 10.1. The van der Waals surface area contributed by atoms with Crippen LogP contribution in [0.4, 0.5) is 0 Å². The summed E-state index contributed by atoms with van der Waals surface area (Å²) in [5.41, 5.74) is 8.94. The van der Waals surface area contributed by atoms with Gasteiger partial charge in [0.15, 0.2) is 31.4 Å². The van der Waals surface area contributed by atoms with Crippen molar-refractivity contribution in [1.82, 2.24) is 0 Å². The van der Waals surface area contributed by atoms with Gasteiger partial charge in [-0.2, -0.15) is 0 Å². The normalized spacial score (nSPS) is 11.1. The molecule has 0 aliphatic heterocycles. The first kappa shape index (κ1) is 18.9. The van der Waals surface area contributed by atoms with Gasteiger partial charge in [0.05, 0.1) is 9.79 Å². The number of hydrogen-bond donors (Lipinski definition) is 4. The summed E-state index contributed by atoms with van der Waals surface area (Å²) in [6.07, 6.45) is 0.994. The number of carbonyl (C=O) groups is 1. The maximum atomic E-state index is 11.5. The highest BCUT2D eigenvalue weighted by molar-refractivity contribution is 7.92. The van der Waals surface area contributed by atoms with Crippen molar-refractivity contribution in [2.75, 3.05) is 12.0 Å². The lowest BCUT2D eigenvalue weighted by Crippen LogP contribution is -2.20. The molecule has 0 saturated carbocycles. The largest absolute Gasteiger partial charge is 0.480 e. The summed E-state index contributed by atoms with van der Waals surface area (Å²) in [5.74, 6) is -2.82. The number of aliphatic carboxylic acids is 1. The summed E-state index contributed by atoms with van der Waals surface area (Å²) >= 11 is 0. The Hall–Kier alpha value is -2.14. The minimum Gasteiger partial charge on any atom is -0.480 e. The second-order valence-electron chi connectivity index (χ2n) is 3.85. The van der Waals surface area contributed by atoms with Gasteiger partial charge in [0, 0.05) is 6.26 Å². The Kier molecular flexibility index (Phi) is 6.32. The van der Waals surface area contributed by atoms with Crippen LogP contribution in [0.2, 0.25) is 0 Å². The molecule has 0 fully saturated rings. The molecule has 0 bridgehead atoms. The predicted octanol–water partition coefficient (Wildman–Crippen LogP) is -1.21. The maximum Gasteiger partial charge on any atom is 0.319 e. The lowest BCUT2D eigenvalue weighted by atomic mass is 10.4. The van der Waals surface area contributed by atoms with Crippen molar-refractivity contribution in [3.05, 3.63) is 24.3 Å². The van der Waals surface area contributed by atoms with Crippen molar-refractivity contribution in [3.8, 4) is 0 Å². The molecule has 0 amide bonds. The fourth-order valence-electron chi connectivity index (χ4n) is 1.14. The molecule has 0 spiro atoms. The quantitative estimate of drug-likeness (QED) is 0.389. The number of carboxylic acid groups (broad SMARTS) is 1. The van der Waals surface area contributed by atoms with Crippen molar-refractivity contribution in [3.63, 3.8) is 0 Å². The SMILES string of the molecule is CS(=O)(=O)c1ccc(S(=O)(=O)CC(=O)O)cc1.N=C(N)N. The van der Waals surface area contributed by atoms with Crippen LogP contribution in [0.1, 0.15) is 0 Å². The smallest absolute Gasteiger partial charge is 0.319 e. The van der Waals surface area contributed by atoms with Crippen molar-refractivity contribution in [2.45, 2.75) is 9.79 Å². The van der Waals surface area contributed by atoms with E-state index in [1.807, 2.05) is 0 Å². The molecule has 1 rings (SSSR count). The van der Waals surface area contributed by atoms with E-state index in [4.69, 9.17) is 10.5 Å². The van der Waals surface area contributed by atoms with Crippen molar-refractivity contribution < 1.29 is 26.7 Å². The molecule has 0 aliphatic rings. The van der Waals surface area contributed by atoms with Crippen LogP contribution in [-0.4, -0.2) is 45.9 Å². The van der Waals surface area contributed by atoms with Gasteiger partial charge in [-0.1, -0.05) is 0 Å². The van der Waals surface area contributed by atoms with E-state index in [1.165, 1.54) is 0 Å². The molecule has 0 unspecified atom stereocenters. The number of hydrogen-bond acceptors (Lipinski definition) is 6. The second-order valence-corrected chi connectivity index (χ2v) is 7.86. The van der Waals surface area contributed by atoms with E-state index in [0.29, 0.717) is 0 Å². The maximum absolute atomic E-state index is 11.5. The molecule has 0 aromatic heterocycles. The molecule has 21 heavy (non-hydrogen) atoms. The molecule has 11 heteroatoms. The van der Waals surface area contributed by atoms with E-state index in [0.717, 1.165) is 30.5 Å². The second kappa shape index (κ2) is 7.04. The van der Waals surface area contributed by atoms with E-state index < -0.39 is 31.4 Å². The average molecular weight is 337 g/mol. The lowest BCUT2D eigenvalue weighted by Gasteiger charge is -2.02. The summed E-state index contributed by atoms with van der Waals surface area (Å²) in [7, 11) is -7.32. The van der Waals surface area contributed by atoms with Crippen molar-refractivity contribution in [1.29, 1.82) is 5.41 Å². The van der Waals surface area contributed by atoms with Crippen molar-refractivity contribution >= 4 is 31.6 Å². The molecule has 118 valence electrons. The highest BCUT2D eigenvalue weighted by Crippen LogP contribution is 2.15. The fourth-order valence-corrected chi connectivity index (χ4v) is 2.81. The number of nitrogens with one attached hydrogen (secondary N) is 1. The highest BCUT2D eigenvalue weighted by atomic mass is 32.2. The molecular formula is C10H15N3O6S2. The number of sulfone groups is 2. The molecule has 1 aromatic carbocycles. The number of nitrogens with two attached hydrogens (primary N) is 2. The zero-order valence-electron chi connectivity index (χ0n) is 11.0. The third-order valence-corrected chi connectivity index (χ3v) is 4.67. The first-order valence-corrected chi connectivity index (χ1v) is 8.75. The van der Waals surface area contributed by atoms with E-state index in [-0.39, 0.29) is 15.8 Å². The van der Waals surface area contributed by atoms with Crippen LogP contribution in [0.3, 0.4) is 0 Å². The average Bonchev–Trinajstić information content (AvgIpc) is 2.25. The third kappa shape index (κ3) is 7.27. The van der Waals surface area contributed by atoms with E-state index in [1.54, 1.807) is 0 Å². The molecule has 9 nitrogen and oxygen atoms in total. The van der Waals surface area contributed by atoms with Gasteiger partial charge in [0.1, 0.15) is 0 Å². The minimum absolute atomic E-state index is 0.0215. The molecule has 1 aromatic rings. The Morgan fingerprint density at radius 1 is 1.10 bits per heavy atom. The van der Waals surface area contributed by atoms with Crippen LogP contribution < -0.4 is 11.5 Å². The van der Waals surface area contributed by atoms with Gasteiger partial charge >= 0.3 is 5.97 Å². The number of rotatable bonds is 4. The Morgan fingerprint density at radius 2 is 1.43 bits per heavy atom. The third-order valence-electron chi connectivity index (χ3n) is 1.92. The summed E-state index contributed by atoms with van der Waals surface area (Å²) in [6.45, 7) is 0. The van der Waals surface area contributed by atoms with E-state index >= 15 is 0 Å². The molecule has 0 atom stereocenters. The monoisotopic (exact) mass is 337 g/mol. The van der Waals surface area contributed by atoms with Gasteiger partial charge in [0.25, 0.3) is 0 Å². The van der Waals surface area contributed by atoms with Gasteiger partial charge in [-0.25, -0.2) is 16.8 Å². The lowest BCUT2D eigenvalue weighted by molar-refractivity contribution is -0.134.